The lowest BCUT2D eigenvalue weighted by molar-refractivity contribution is 1.48. The van der Waals surface area contributed by atoms with Gasteiger partial charge < -0.3 is 5.73 Å². The summed E-state index contributed by atoms with van der Waals surface area (Å²) in [6.07, 6.45) is -0.521. The highest BCUT2D eigenvalue weighted by atomic mass is 33.1. The van der Waals surface area contributed by atoms with Crippen LogP contribution in [0, 0.1) is 0 Å². The summed E-state index contributed by atoms with van der Waals surface area (Å²) in [6.45, 7) is 0. The number of hydrogen-bond donors (Lipinski definition) is 1. The molecule has 0 aromatic heterocycles. The molecule has 0 amide bonds. The maximum Gasteiger partial charge on any atom is 0.0560 e. The average Bonchev–Trinajstić information content (AvgIpc) is 2.57. The van der Waals surface area contributed by atoms with Gasteiger partial charge in [0.05, 0.1) is 6.33 Å². The highest BCUT2D eigenvalue weighted by molar-refractivity contribution is 8.90. The van der Waals surface area contributed by atoms with Gasteiger partial charge in [-0.25, -0.2) is 0 Å². The van der Waals surface area contributed by atoms with Crippen molar-refractivity contribution in [2.24, 2.45) is 0 Å². The Kier molecular flexibility index (Phi) is 5.44. The zero-order valence-electron chi connectivity index (χ0n) is 11.9. The van der Waals surface area contributed by atoms with Gasteiger partial charge in [0.1, 0.15) is 0 Å². The molecule has 2 N–H and O–H groups in total. The van der Waals surface area contributed by atoms with E-state index in [4.69, 9.17) is 5.73 Å². The second kappa shape index (κ2) is 7.73. The van der Waals surface area contributed by atoms with E-state index in [1.165, 1.54) is 15.1 Å². The third-order valence-corrected chi connectivity index (χ3v) is 9.88. The molecule has 3 rings (SSSR count). The Labute approximate surface area is 140 Å². The molecular weight excluding hydrogens is 325 g/mol. The smallest absolute Gasteiger partial charge is 0.0560 e. The largest absolute Gasteiger partial charge is 0.398 e. The van der Waals surface area contributed by atoms with E-state index in [0.717, 1.165) is 5.69 Å². The number of para-hydroxylation sites is 1. The molecular formula is C18H16NPS2. The summed E-state index contributed by atoms with van der Waals surface area (Å²) in [5, 5.41) is 1.24. The molecule has 0 spiro atoms. The lowest BCUT2D eigenvalue weighted by atomic mass is 10.3. The number of hydrogen-bond acceptors (Lipinski definition) is 3. The monoisotopic (exact) mass is 341 g/mol. The molecule has 22 heavy (non-hydrogen) atoms. The Balaban J connectivity index is 1.90. The number of nitrogen functional groups attached to an aromatic ring is 1. The maximum absolute atomic E-state index is 6.22. The molecule has 3 aromatic rings. The van der Waals surface area contributed by atoms with Gasteiger partial charge in [-0.1, -0.05) is 77.4 Å². The molecule has 0 aliphatic carbocycles. The summed E-state index contributed by atoms with van der Waals surface area (Å²) in [6, 6.07) is 29.2. The fraction of sp³-hybridized carbons (Fsp3) is 0. The van der Waals surface area contributed by atoms with Crippen molar-refractivity contribution in [3.63, 3.8) is 0 Å². The number of nitrogens with two attached hydrogens (primary N) is 1. The molecule has 110 valence electrons. The van der Waals surface area contributed by atoms with E-state index in [1.54, 1.807) is 0 Å². The van der Waals surface area contributed by atoms with Crippen molar-refractivity contribution in [2.45, 2.75) is 9.79 Å². The maximum atomic E-state index is 6.22. The SMILES string of the molecule is Nc1ccccc1P(Sc1ccccc1)Sc1ccccc1. The van der Waals surface area contributed by atoms with E-state index in [0.29, 0.717) is 0 Å². The summed E-state index contributed by atoms with van der Waals surface area (Å²) in [5.74, 6) is 0. The van der Waals surface area contributed by atoms with Crippen LogP contribution in [0.5, 0.6) is 0 Å². The molecule has 0 aliphatic rings. The summed E-state index contributed by atoms with van der Waals surface area (Å²) >= 11 is 3.80. The Morgan fingerprint density at radius 2 is 1.05 bits per heavy atom. The molecule has 0 radical (unpaired) electrons. The summed E-state index contributed by atoms with van der Waals surface area (Å²) in [7, 11) is 0. The van der Waals surface area contributed by atoms with E-state index in [1.807, 2.05) is 47.0 Å². The fourth-order valence-corrected chi connectivity index (χ4v) is 9.06. The van der Waals surface area contributed by atoms with E-state index in [9.17, 15) is 0 Å². The quantitative estimate of drug-likeness (QED) is 0.470. The van der Waals surface area contributed by atoms with Crippen molar-refractivity contribution in [1.29, 1.82) is 0 Å². The molecule has 0 unspecified atom stereocenters. The van der Waals surface area contributed by atoms with Gasteiger partial charge in [-0.15, -0.1) is 0 Å². The highest BCUT2D eigenvalue weighted by Gasteiger charge is 2.17. The van der Waals surface area contributed by atoms with Crippen molar-refractivity contribution >= 4 is 40.1 Å². The van der Waals surface area contributed by atoms with Gasteiger partial charge in [-0.05, 0) is 30.3 Å². The van der Waals surface area contributed by atoms with Crippen LogP contribution in [0.2, 0.25) is 0 Å². The predicted molar refractivity (Wildman–Crippen MR) is 102 cm³/mol. The van der Waals surface area contributed by atoms with E-state index < -0.39 is 6.33 Å². The summed E-state index contributed by atoms with van der Waals surface area (Å²) in [4.78, 5) is 2.56. The fourth-order valence-electron chi connectivity index (χ4n) is 1.92. The van der Waals surface area contributed by atoms with Crippen LogP contribution in [0.15, 0.2) is 94.7 Å². The van der Waals surface area contributed by atoms with Gasteiger partial charge in [0.25, 0.3) is 0 Å². The Bertz CT molecular complexity index is 678. The first-order valence-corrected chi connectivity index (χ1v) is 11.1. The predicted octanol–water partition coefficient (Wildman–Crippen LogP) is 5.79. The van der Waals surface area contributed by atoms with Crippen LogP contribution in [-0.4, -0.2) is 0 Å². The lowest BCUT2D eigenvalue weighted by Crippen LogP contribution is -2.04. The highest BCUT2D eigenvalue weighted by Crippen LogP contribution is 2.65. The van der Waals surface area contributed by atoms with Crippen molar-refractivity contribution in [3.05, 3.63) is 84.9 Å². The number of benzene rings is 3. The third kappa shape index (κ3) is 4.07. The minimum atomic E-state index is -0.521. The molecule has 0 bridgehead atoms. The minimum absolute atomic E-state index is 0.521. The standard InChI is InChI=1S/C18H16NPS2/c19-17-13-7-8-14-18(17)20(21-15-9-3-1-4-10-15)22-16-11-5-2-6-12-16/h1-14H,19H2. The molecule has 0 atom stereocenters. The molecule has 3 aromatic carbocycles. The van der Waals surface area contributed by atoms with Gasteiger partial charge in [0.15, 0.2) is 0 Å². The normalized spacial score (nSPS) is 10.8. The number of rotatable bonds is 5. The second-order valence-electron chi connectivity index (χ2n) is 4.62. The van der Waals surface area contributed by atoms with Crippen molar-refractivity contribution in [1.82, 2.24) is 0 Å². The van der Waals surface area contributed by atoms with E-state index in [-0.39, 0.29) is 0 Å². The van der Waals surface area contributed by atoms with Crippen LogP contribution in [0.4, 0.5) is 5.69 Å². The zero-order chi connectivity index (χ0) is 15.2. The Hall–Kier alpha value is -1.41. The third-order valence-electron chi connectivity index (χ3n) is 3.00. The van der Waals surface area contributed by atoms with Crippen molar-refractivity contribution in [3.8, 4) is 0 Å². The molecule has 0 aliphatic heterocycles. The van der Waals surface area contributed by atoms with Crippen LogP contribution < -0.4 is 11.0 Å². The van der Waals surface area contributed by atoms with Gasteiger partial charge in [-0.2, -0.15) is 0 Å². The Morgan fingerprint density at radius 3 is 1.55 bits per heavy atom. The molecule has 1 nitrogen and oxygen atoms in total. The van der Waals surface area contributed by atoms with Gasteiger partial charge in [0, 0.05) is 20.8 Å². The molecule has 4 heteroatoms. The van der Waals surface area contributed by atoms with E-state index in [2.05, 4.69) is 60.7 Å². The lowest BCUT2D eigenvalue weighted by Gasteiger charge is -2.18. The van der Waals surface area contributed by atoms with Gasteiger partial charge >= 0.3 is 0 Å². The number of anilines is 1. The van der Waals surface area contributed by atoms with Gasteiger partial charge in [-0.3, -0.25) is 0 Å². The van der Waals surface area contributed by atoms with Crippen LogP contribution in [0.3, 0.4) is 0 Å². The second-order valence-corrected chi connectivity index (χ2v) is 10.9. The van der Waals surface area contributed by atoms with Crippen LogP contribution in [0.1, 0.15) is 0 Å². The molecule has 0 saturated heterocycles. The topological polar surface area (TPSA) is 26.0 Å². The first kappa shape index (κ1) is 15.5. The summed E-state index contributed by atoms with van der Waals surface area (Å²) < 4.78 is 0. The first-order valence-electron chi connectivity index (χ1n) is 6.93. The zero-order valence-corrected chi connectivity index (χ0v) is 14.5. The van der Waals surface area contributed by atoms with Crippen LogP contribution >= 0.6 is 29.1 Å². The Morgan fingerprint density at radius 1 is 0.591 bits per heavy atom. The van der Waals surface area contributed by atoms with Crippen molar-refractivity contribution < 1.29 is 0 Å². The molecule has 0 heterocycles. The van der Waals surface area contributed by atoms with E-state index >= 15 is 0 Å². The van der Waals surface area contributed by atoms with Crippen LogP contribution in [-0.2, 0) is 0 Å². The van der Waals surface area contributed by atoms with Crippen molar-refractivity contribution in [2.75, 3.05) is 5.73 Å². The minimum Gasteiger partial charge on any atom is -0.398 e. The summed E-state index contributed by atoms with van der Waals surface area (Å²) in [5.41, 5.74) is 7.09. The first-order chi connectivity index (χ1) is 10.8. The van der Waals surface area contributed by atoms with Crippen LogP contribution in [0.25, 0.3) is 0 Å². The van der Waals surface area contributed by atoms with Gasteiger partial charge in [0.2, 0.25) is 0 Å². The molecule has 0 saturated carbocycles. The molecule has 0 fully saturated rings. The average molecular weight is 341 g/mol.